The van der Waals surface area contributed by atoms with E-state index >= 15 is 0 Å². The van der Waals surface area contributed by atoms with E-state index in [1.54, 1.807) is 6.07 Å². The summed E-state index contributed by atoms with van der Waals surface area (Å²) in [5, 5.41) is 8.17. The third kappa shape index (κ3) is 2.87. The van der Waals surface area contributed by atoms with E-state index in [-0.39, 0.29) is 6.04 Å². The summed E-state index contributed by atoms with van der Waals surface area (Å²) in [6, 6.07) is 4.14. The molecule has 0 bridgehead atoms. The van der Waals surface area contributed by atoms with Crippen molar-refractivity contribution < 1.29 is 9.47 Å². The molecule has 0 radical (unpaired) electrons. The van der Waals surface area contributed by atoms with E-state index in [4.69, 9.17) is 25.2 Å². The molecule has 3 aliphatic heterocycles. The van der Waals surface area contributed by atoms with Gasteiger partial charge in [0.25, 0.3) is 0 Å². The third-order valence-electron chi connectivity index (χ3n) is 5.46. The van der Waals surface area contributed by atoms with Crippen LogP contribution in [0.1, 0.15) is 12.5 Å². The molecule has 2 saturated heterocycles. The molecular weight excluding hydrogens is 346 g/mol. The first-order valence-corrected chi connectivity index (χ1v) is 9.40. The van der Waals surface area contributed by atoms with Crippen molar-refractivity contribution in [2.45, 2.75) is 25.4 Å². The topological polar surface area (TPSA) is 103 Å². The van der Waals surface area contributed by atoms with Crippen LogP contribution in [-0.2, 0) is 15.9 Å². The molecule has 2 N–H and O–H groups in total. The van der Waals surface area contributed by atoms with Crippen LogP contribution in [0, 0.1) is 0 Å². The molecule has 142 valence electrons. The SMILES string of the molecule is C[C@@H]1COCCN1c1nc(-c2ccc(N)nn2)nc2c1C[C@@H]1COCCN21. The standard InChI is InChI=1S/C18H23N7O2/c1-11-9-26-6-4-24(11)17-13-8-12-10-27-7-5-25(12)18(13)21-16(20-17)14-2-3-15(19)23-22-14/h2-3,11-12H,4-10H2,1H3,(H2,19,23)/t11-,12-/m1/s1. The summed E-state index contributed by atoms with van der Waals surface area (Å²) in [6.07, 6.45) is 0.905. The number of ether oxygens (including phenoxy) is 2. The highest BCUT2D eigenvalue weighted by Crippen LogP contribution is 2.39. The molecule has 2 atom stereocenters. The average molecular weight is 369 g/mol. The molecule has 9 nitrogen and oxygen atoms in total. The quantitative estimate of drug-likeness (QED) is 0.810. The molecule has 0 unspecified atom stereocenters. The lowest BCUT2D eigenvalue weighted by atomic mass is 10.1. The van der Waals surface area contributed by atoms with Crippen LogP contribution in [0.3, 0.4) is 0 Å². The summed E-state index contributed by atoms with van der Waals surface area (Å²) in [5.41, 5.74) is 7.52. The van der Waals surface area contributed by atoms with E-state index in [1.807, 2.05) is 6.07 Å². The van der Waals surface area contributed by atoms with Crippen molar-refractivity contribution in [2.24, 2.45) is 0 Å². The molecule has 0 saturated carbocycles. The van der Waals surface area contributed by atoms with Crippen LogP contribution in [0.4, 0.5) is 17.5 Å². The first kappa shape index (κ1) is 16.6. The highest BCUT2D eigenvalue weighted by atomic mass is 16.5. The minimum absolute atomic E-state index is 0.261. The van der Waals surface area contributed by atoms with Gasteiger partial charge in [0.1, 0.15) is 23.1 Å². The number of nitrogen functional groups attached to an aromatic ring is 1. The van der Waals surface area contributed by atoms with Crippen molar-refractivity contribution in [3.63, 3.8) is 0 Å². The normalized spacial score (nSPS) is 24.6. The zero-order valence-corrected chi connectivity index (χ0v) is 15.3. The Hall–Kier alpha value is -2.52. The van der Waals surface area contributed by atoms with Gasteiger partial charge in [-0.15, -0.1) is 10.2 Å². The number of morpholine rings is 2. The molecular formula is C18H23N7O2. The first-order chi connectivity index (χ1) is 13.2. The number of nitrogens with two attached hydrogens (primary N) is 1. The predicted molar refractivity (Wildman–Crippen MR) is 101 cm³/mol. The number of hydrogen-bond acceptors (Lipinski definition) is 9. The lowest BCUT2D eigenvalue weighted by Gasteiger charge is -2.35. The molecule has 5 heterocycles. The number of rotatable bonds is 2. The Bertz CT molecular complexity index is 844. The molecule has 0 aliphatic carbocycles. The van der Waals surface area contributed by atoms with Gasteiger partial charge >= 0.3 is 0 Å². The zero-order chi connectivity index (χ0) is 18.4. The smallest absolute Gasteiger partial charge is 0.184 e. The van der Waals surface area contributed by atoms with Crippen molar-refractivity contribution in [2.75, 3.05) is 55.1 Å². The Balaban J connectivity index is 1.63. The van der Waals surface area contributed by atoms with Gasteiger partial charge in [-0.3, -0.25) is 0 Å². The van der Waals surface area contributed by atoms with Gasteiger partial charge in [0, 0.05) is 25.1 Å². The van der Waals surface area contributed by atoms with Crippen LogP contribution in [-0.4, -0.2) is 71.8 Å². The van der Waals surface area contributed by atoms with E-state index in [0.29, 0.717) is 36.6 Å². The Kier molecular flexibility index (Phi) is 4.05. The monoisotopic (exact) mass is 369 g/mol. The van der Waals surface area contributed by atoms with Crippen LogP contribution >= 0.6 is 0 Å². The number of nitrogens with zero attached hydrogens (tertiary/aromatic N) is 6. The summed E-state index contributed by atoms with van der Waals surface area (Å²) in [4.78, 5) is 14.5. The summed E-state index contributed by atoms with van der Waals surface area (Å²) in [6.45, 7) is 6.69. The van der Waals surface area contributed by atoms with Crippen LogP contribution in [0.5, 0.6) is 0 Å². The van der Waals surface area contributed by atoms with Gasteiger partial charge in [0.2, 0.25) is 0 Å². The maximum Gasteiger partial charge on any atom is 0.184 e. The van der Waals surface area contributed by atoms with E-state index in [9.17, 15) is 0 Å². The molecule has 0 aromatic carbocycles. The van der Waals surface area contributed by atoms with Crippen LogP contribution in [0.15, 0.2) is 12.1 Å². The average Bonchev–Trinajstić information content (AvgIpc) is 3.07. The van der Waals surface area contributed by atoms with Gasteiger partial charge in [-0.05, 0) is 19.1 Å². The minimum atomic E-state index is 0.261. The molecule has 2 fully saturated rings. The Morgan fingerprint density at radius 2 is 1.74 bits per heavy atom. The van der Waals surface area contributed by atoms with E-state index in [2.05, 4.69) is 26.9 Å². The Morgan fingerprint density at radius 1 is 1.00 bits per heavy atom. The number of fused-ring (bicyclic) bond motifs is 3. The molecule has 0 spiro atoms. The van der Waals surface area contributed by atoms with Crippen molar-refractivity contribution >= 4 is 17.5 Å². The van der Waals surface area contributed by atoms with Gasteiger partial charge in [-0.25, -0.2) is 9.97 Å². The summed E-state index contributed by atoms with van der Waals surface area (Å²) < 4.78 is 11.3. The Morgan fingerprint density at radius 3 is 2.48 bits per heavy atom. The number of anilines is 3. The van der Waals surface area contributed by atoms with E-state index < -0.39 is 0 Å². The molecule has 0 amide bonds. The molecule has 5 rings (SSSR count). The first-order valence-electron chi connectivity index (χ1n) is 9.40. The highest BCUT2D eigenvalue weighted by Gasteiger charge is 2.38. The van der Waals surface area contributed by atoms with E-state index in [0.717, 1.165) is 44.4 Å². The fraction of sp³-hybridized carbons (Fsp3) is 0.556. The van der Waals surface area contributed by atoms with Crippen LogP contribution in [0.2, 0.25) is 0 Å². The van der Waals surface area contributed by atoms with Gasteiger partial charge in [-0.1, -0.05) is 0 Å². The Labute approximate surface area is 157 Å². The largest absolute Gasteiger partial charge is 0.382 e. The maximum absolute atomic E-state index is 5.69. The lowest BCUT2D eigenvalue weighted by molar-refractivity contribution is 0.0967. The summed E-state index contributed by atoms with van der Waals surface area (Å²) >= 11 is 0. The maximum atomic E-state index is 5.69. The van der Waals surface area contributed by atoms with Gasteiger partial charge in [-0.2, -0.15) is 0 Å². The molecule has 27 heavy (non-hydrogen) atoms. The van der Waals surface area contributed by atoms with Crippen LogP contribution < -0.4 is 15.5 Å². The summed E-state index contributed by atoms with van der Waals surface area (Å²) in [5.74, 6) is 2.96. The number of aromatic nitrogens is 4. The fourth-order valence-electron chi connectivity index (χ4n) is 4.07. The van der Waals surface area contributed by atoms with Crippen molar-refractivity contribution in [3.8, 4) is 11.5 Å². The minimum Gasteiger partial charge on any atom is -0.382 e. The molecule has 9 heteroatoms. The van der Waals surface area contributed by atoms with Crippen molar-refractivity contribution in [1.29, 1.82) is 0 Å². The van der Waals surface area contributed by atoms with Gasteiger partial charge in [0.15, 0.2) is 5.82 Å². The fourth-order valence-corrected chi connectivity index (χ4v) is 4.07. The second-order valence-electron chi connectivity index (χ2n) is 7.26. The van der Waals surface area contributed by atoms with Gasteiger partial charge < -0.3 is 25.0 Å². The number of hydrogen-bond donors (Lipinski definition) is 1. The lowest BCUT2D eigenvalue weighted by Crippen LogP contribution is -2.44. The second-order valence-corrected chi connectivity index (χ2v) is 7.26. The van der Waals surface area contributed by atoms with Crippen LogP contribution in [0.25, 0.3) is 11.5 Å². The van der Waals surface area contributed by atoms with Crippen molar-refractivity contribution in [1.82, 2.24) is 20.2 Å². The van der Waals surface area contributed by atoms with Crippen molar-refractivity contribution in [3.05, 3.63) is 17.7 Å². The third-order valence-corrected chi connectivity index (χ3v) is 5.46. The molecule has 3 aliphatic rings. The molecule has 2 aromatic heterocycles. The second kappa shape index (κ2) is 6.58. The van der Waals surface area contributed by atoms with E-state index in [1.165, 1.54) is 5.56 Å². The predicted octanol–water partition coefficient (Wildman–Crippen LogP) is 0.502. The zero-order valence-electron chi connectivity index (χ0n) is 15.3. The summed E-state index contributed by atoms with van der Waals surface area (Å²) in [7, 11) is 0. The highest BCUT2D eigenvalue weighted by molar-refractivity contribution is 5.69. The van der Waals surface area contributed by atoms with Gasteiger partial charge in [0.05, 0.1) is 38.5 Å². The molecule has 2 aromatic rings.